The van der Waals surface area contributed by atoms with E-state index < -0.39 is 8.80 Å². The molecule has 3 nitrogen and oxygen atoms in total. The lowest BCUT2D eigenvalue weighted by Gasteiger charge is -2.43. The van der Waals surface area contributed by atoms with Gasteiger partial charge in [-0.25, -0.2) is 0 Å². The van der Waals surface area contributed by atoms with E-state index in [1.165, 1.54) is 38.6 Å². The van der Waals surface area contributed by atoms with Crippen LogP contribution in [-0.2, 0) is 0 Å². The van der Waals surface area contributed by atoms with Crippen LogP contribution in [0.25, 0.3) is 21.9 Å². The number of allylic oxidation sites excluding steroid dienone is 6. The summed E-state index contributed by atoms with van der Waals surface area (Å²) in [6.45, 7) is 2.54. The van der Waals surface area contributed by atoms with Crippen LogP contribution in [0.5, 0.6) is 0 Å². The Morgan fingerprint density at radius 2 is 1.52 bits per heavy atom. The largest absolute Gasteiger partial charge is 0.282 e. The molecule has 0 amide bonds. The molecule has 6 unspecified atom stereocenters. The Hall–Kier alpha value is -3.80. The molecule has 1 saturated heterocycles. The summed E-state index contributed by atoms with van der Waals surface area (Å²) in [6.07, 6.45) is 14.5. The number of rotatable bonds is 4. The predicted molar refractivity (Wildman–Crippen MR) is 179 cm³/mol. The van der Waals surface area contributed by atoms with Crippen LogP contribution >= 0.6 is 0 Å². The lowest BCUT2D eigenvalue weighted by Crippen LogP contribution is -2.65. The van der Waals surface area contributed by atoms with Gasteiger partial charge in [0, 0.05) is 5.92 Å². The minimum absolute atomic E-state index is 0.0865. The summed E-state index contributed by atoms with van der Waals surface area (Å²) in [5.41, 5.74) is 9.12. The topological polar surface area (TPSA) is 36.1 Å². The first-order chi connectivity index (χ1) is 20.7. The van der Waals surface area contributed by atoms with Crippen molar-refractivity contribution < 1.29 is 0 Å². The molecular weight excluding hydrogens is 527 g/mol. The Labute approximate surface area is 250 Å². The molecule has 208 valence electrons. The molecule has 2 aliphatic carbocycles. The first kappa shape index (κ1) is 25.9. The van der Waals surface area contributed by atoms with Crippen LogP contribution in [0.1, 0.15) is 35.7 Å². The van der Waals surface area contributed by atoms with Crippen LogP contribution in [0.2, 0.25) is 12.1 Å². The molecule has 4 aromatic rings. The highest BCUT2D eigenvalue weighted by molar-refractivity contribution is 6.78. The summed E-state index contributed by atoms with van der Waals surface area (Å²) in [5.74, 6) is 0.365. The van der Waals surface area contributed by atoms with Gasteiger partial charge in [0.05, 0.1) is 27.3 Å². The molecule has 3 N–H and O–H groups in total. The maximum atomic E-state index is 4.00. The zero-order valence-corrected chi connectivity index (χ0v) is 25.2. The fraction of sp³-hybridized carbons (Fsp3) is 0.211. The van der Waals surface area contributed by atoms with Crippen LogP contribution in [0.15, 0.2) is 133 Å². The van der Waals surface area contributed by atoms with Gasteiger partial charge in [-0.15, -0.1) is 0 Å². The third-order valence-electron chi connectivity index (χ3n) is 9.87. The van der Waals surface area contributed by atoms with Crippen LogP contribution in [-0.4, -0.2) is 21.1 Å². The molecule has 8 rings (SSSR count). The lowest BCUT2D eigenvalue weighted by atomic mass is 9.88. The van der Waals surface area contributed by atoms with Crippen LogP contribution in [0, 0.1) is 5.92 Å². The minimum Gasteiger partial charge on any atom is -0.282 e. The first-order valence-corrected chi connectivity index (χ1v) is 17.8. The Morgan fingerprint density at radius 3 is 2.38 bits per heavy atom. The minimum atomic E-state index is -1.05. The van der Waals surface area contributed by atoms with Crippen molar-refractivity contribution in [3.63, 3.8) is 0 Å². The van der Waals surface area contributed by atoms with Gasteiger partial charge >= 0.3 is 0 Å². The van der Waals surface area contributed by atoms with Crippen molar-refractivity contribution in [2.75, 3.05) is 0 Å². The molecule has 4 heteroatoms. The van der Waals surface area contributed by atoms with Crippen molar-refractivity contribution in [2.45, 2.75) is 43.4 Å². The van der Waals surface area contributed by atoms with E-state index in [9.17, 15) is 0 Å². The fourth-order valence-electron chi connectivity index (χ4n) is 7.51. The Balaban J connectivity index is 1.05. The second-order valence-electron chi connectivity index (χ2n) is 12.3. The number of fused-ring (bicyclic) bond motifs is 4. The van der Waals surface area contributed by atoms with Gasteiger partial charge in [-0.1, -0.05) is 133 Å². The van der Waals surface area contributed by atoms with E-state index in [1.54, 1.807) is 10.8 Å². The quantitative estimate of drug-likeness (QED) is 0.239. The molecule has 4 aliphatic rings. The molecule has 0 aromatic heterocycles. The summed E-state index contributed by atoms with van der Waals surface area (Å²) < 4.78 is 0. The highest BCUT2D eigenvalue weighted by Gasteiger charge is 2.39. The number of hydrogen-bond donors (Lipinski definition) is 3. The van der Waals surface area contributed by atoms with Gasteiger partial charge in [-0.2, -0.15) is 0 Å². The average molecular weight is 564 g/mol. The summed E-state index contributed by atoms with van der Waals surface area (Å²) in [4.78, 5) is 0. The second kappa shape index (κ2) is 10.8. The molecule has 1 fully saturated rings. The smallest absolute Gasteiger partial charge is 0.0862 e. The Kier molecular flexibility index (Phi) is 6.65. The van der Waals surface area contributed by atoms with Crippen molar-refractivity contribution in [3.8, 4) is 0 Å². The highest BCUT2D eigenvalue weighted by Crippen LogP contribution is 2.44. The van der Waals surface area contributed by atoms with Crippen molar-refractivity contribution in [1.82, 2.24) is 16.0 Å². The highest BCUT2D eigenvalue weighted by atomic mass is 28.3. The normalized spacial score (nSPS) is 28.5. The molecule has 0 bridgehead atoms. The van der Waals surface area contributed by atoms with E-state index >= 15 is 0 Å². The maximum absolute atomic E-state index is 4.00. The summed E-state index contributed by atoms with van der Waals surface area (Å²) in [5, 5.41) is 16.1. The zero-order valence-electron chi connectivity index (χ0n) is 24.0. The zero-order chi connectivity index (χ0) is 28.0. The molecule has 0 radical (unpaired) electrons. The SMILES string of the molecule is C[SiH]1c2ccccc2C2=CC=C(C3NC(c4ccccc4)NC(C4C=CC(c5ccc6ccccc6c5)=CC4)N3)CC21. The van der Waals surface area contributed by atoms with E-state index in [1.807, 2.05) is 0 Å². The summed E-state index contributed by atoms with van der Waals surface area (Å²) in [7, 11) is -1.05. The van der Waals surface area contributed by atoms with Gasteiger partial charge in [-0.05, 0) is 68.6 Å². The third kappa shape index (κ3) is 4.65. The van der Waals surface area contributed by atoms with Crippen molar-refractivity contribution in [2.24, 2.45) is 5.92 Å². The standard InChI is InChI=1S/C38H37N3Si/c1-42-34-14-8-7-13-32(34)33-22-21-31(24-35(33)42)38-40-36(27-10-3-2-4-11-27)39-37(41-38)28-18-15-26(16-19-28)30-20-17-25-9-5-6-12-29(25)23-30/h2-18,20-23,28,35-42H,19,24H2,1H3. The monoisotopic (exact) mass is 563 g/mol. The lowest BCUT2D eigenvalue weighted by molar-refractivity contribution is 0.184. The van der Waals surface area contributed by atoms with E-state index in [2.05, 4.69) is 150 Å². The van der Waals surface area contributed by atoms with Crippen LogP contribution < -0.4 is 21.1 Å². The number of benzene rings is 4. The van der Waals surface area contributed by atoms with E-state index in [0.717, 1.165) is 12.8 Å². The first-order valence-electron chi connectivity index (χ1n) is 15.4. The molecule has 42 heavy (non-hydrogen) atoms. The Morgan fingerprint density at radius 1 is 0.738 bits per heavy atom. The van der Waals surface area contributed by atoms with Crippen LogP contribution in [0.3, 0.4) is 0 Å². The maximum Gasteiger partial charge on any atom is 0.0862 e. The number of nitrogens with one attached hydrogen (secondary N) is 3. The van der Waals surface area contributed by atoms with Gasteiger partial charge in [0.1, 0.15) is 0 Å². The molecule has 4 aromatic carbocycles. The molecule has 2 aliphatic heterocycles. The molecule has 2 heterocycles. The molecule has 0 saturated carbocycles. The molecule has 0 spiro atoms. The molecule has 6 atom stereocenters. The van der Waals surface area contributed by atoms with E-state index in [0.29, 0.717) is 11.5 Å². The predicted octanol–water partition coefficient (Wildman–Crippen LogP) is 6.79. The van der Waals surface area contributed by atoms with Crippen molar-refractivity contribution in [3.05, 3.63) is 150 Å². The fourth-order valence-corrected chi connectivity index (χ4v) is 10.6. The van der Waals surface area contributed by atoms with E-state index in [-0.39, 0.29) is 18.5 Å². The Bertz CT molecular complexity index is 1770. The van der Waals surface area contributed by atoms with Gasteiger partial charge in [0.2, 0.25) is 0 Å². The van der Waals surface area contributed by atoms with E-state index in [4.69, 9.17) is 0 Å². The summed E-state index contributed by atoms with van der Waals surface area (Å²) in [6, 6.07) is 35.4. The number of hydrogen-bond acceptors (Lipinski definition) is 3. The summed E-state index contributed by atoms with van der Waals surface area (Å²) >= 11 is 0. The van der Waals surface area contributed by atoms with Gasteiger partial charge in [0.15, 0.2) is 0 Å². The third-order valence-corrected chi connectivity index (χ3v) is 13.2. The van der Waals surface area contributed by atoms with Gasteiger partial charge in [0.25, 0.3) is 0 Å². The molecular formula is C38H37N3Si. The van der Waals surface area contributed by atoms with Crippen molar-refractivity contribution in [1.29, 1.82) is 0 Å². The second-order valence-corrected chi connectivity index (χ2v) is 15.3. The van der Waals surface area contributed by atoms with Crippen molar-refractivity contribution >= 4 is 35.9 Å². The van der Waals surface area contributed by atoms with Gasteiger partial charge < -0.3 is 0 Å². The van der Waals surface area contributed by atoms with Gasteiger partial charge in [-0.3, -0.25) is 16.0 Å². The van der Waals surface area contributed by atoms with Crippen LogP contribution in [0.4, 0.5) is 0 Å². The average Bonchev–Trinajstić information content (AvgIpc) is 3.35.